The lowest BCUT2D eigenvalue weighted by molar-refractivity contribution is -0.327. The van der Waals surface area contributed by atoms with Crippen molar-refractivity contribution in [1.29, 1.82) is 0 Å². The van der Waals surface area contributed by atoms with Crippen LogP contribution in [0.25, 0.3) is 0 Å². The second kappa shape index (κ2) is 8.27. The Kier molecular flexibility index (Phi) is 6.84. The Morgan fingerprint density at radius 3 is 1.79 bits per heavy atom. The zero-order valence-corrected chi connectivity index (χ0v) is 12.9. The van der Waals surface area contributed by atoms with E-state index in [9.17, 15) is 35.0 Å². The zero-order valence-electron chi connectivity index (χ0n) is 12.9. The van der Waals surface area contributed by atoms with Gasteiger partial charge in [0.25, 0.3) is 0 Å². The molecule has 2 saturated heterocycles. The van der Waals surface area contributed by atoms with Gasteiger partial charge in [-0.2, -0.15) is 0 Å². The monoisotopic (exact) mass is 358 g/mol. The molecule has 10 atom stereocenters. The number of hydrogen-bond donors (Lipinski definition) is 6. The molecular weight excluding hydrogens is 335 g/mol. The van der Waals surface area contributed by atoms with Crippen molar-refractivity contribution in [3.63, 3.8) is 0 Å². The maximum atomic E-state index is 12.8. The third-order valence-electron chi connectivity index (χ3n) is 4.15. The molecule has 0 aliphatic carbocycles. The lowest BCUT2D eigenvalue weighted by atomic mass is 9.98. The standard InChI is InChI=1S/C13H23FO10/c1-21-12-10(19)9(18)7(16)5(24-12)3-22-13-11(20)8(17)6(15)4(2-14)23-13/h4-13,15-20H,2-3H2,1H3/t4-,5-,6+,7+,8+,9+,10-,11-,12+,13-/m1/s1. The Labute approximate surface area is 136 Å². The zero-order chi connectivity index (χ0) is 18.0. The highest BCUT2D eigenvalue weighted by molar-refractivity contribution is 4.91. The number of hydrogen-bond acceptors (Lipinski definition) is 10. The fourth-order valence-electron chi connectivity index (χ4n) is 2.62. The summed E-state index contributed by atoms with van der Waals surface area (Å²) >= 11 is 0. The molecule has 2 aliphatic rings. The first-order valence-electron chi connectivity index (χ1n) is 7.41. The molecule has 0 spiro atoms. The Hall–Kier alpha value is -0.470. The topological polar surface area (TPSA) is 158 Å². The number of halogens is 1. The Balaban J connectivity index is 1.96. The fourth-order valence-corrected chi connectivity index (χ4v) is 2.62. The molecule has 0 aromatic rings. The minimum atomic E-state index is -1.68. The summed E-state index contributed by atoms with van der Waals surface area (Å²) in [5, 5.41) is 58.3. The predicted molar refractivity (Wildman–Crippen MR) is 72.3 cm³/mol. The molecule has 0 radical (unpaired) electrons. The second-order valence-electron chi connectivity index (χ2n) is 5.75. The van der Waals surface area contributed by atoms with Crippen LogP contribution in [0.3, 0.4) is 0 Å². The van der Waals surface area contributed by atoms with E-state index in [1.54, 1.807) is 0 Å². The van der Waals surface area contributed by atoms with Crippen LogP contribution in [0.2, 0.25) is 0 Å². The van der Waals surface area contributed by atoms with Crippen molar-refractivity contribution in [3.05, 3.63) is 0 Å². The molecule has 2 fully saturated rings. The second-order valence-corrected chi connectivity index (χ2v) is 5.75. The van der Waals surface area contributed by atoms with Crippen LogP contribution in [0, 0.1) is 0 Å². The molecule has 10 nitrogen and oxygen atoms in total. The molecule has 2 aliphatic heterocycles. The van der Waals surface area contributed by atoms with Gasteiger partial charge in [-0.25, -0.2) is 4.39 Å². The molecule has 142 valence electrons. The van der Waals surface area contributed by atoms with Gasteiger partial charge in [0.15, 0.2) is 12.6 Å². The first-order valence-corrected chi connectivity index (χ1v) is 7.41. The molecule has 0 saturated carbocycles. The minimum Gasteiger partial charge on any atom is -0.387 e. The van der Waals surface area contributed by atoms with E-state index in [1.165, 1.54) is 7.11 Å². The van der Waals surface area contributed by atoms with Crippen molar-refractivity contribution >= 4 is 0 Å². The van der Waals surface area contributed by atoms with Crippen LogP contribution in [-0.2, 0) is 18.9 Å². The Bertz CT molecular complexity index is 361. The van der Waals surface area contributed by atoms with Crippen LogP contribution in [0.15, 0.2) is 0 Å². The first-order chi connectivity index (χ1) is 11.3. The van der Waals surface area contributed by atoms with Gasteiger partial charge in [0.2, 0.25) is 0 Å². The molecule has 0 unspecified atom stereocenters. The van der Waals surface area contributed by atoms with Crippen molar-refractivity contribution in [2.24, 2.45) is 0 Å². The normalized spacial score (nSPS) is 50.0. The molecule has 2 rings (SSSR count). The number of alkyl halides is 1. The molecular formula is C13H23FO10. The fraction of sp³-hybridized carbons (Fsp3) is 1.00. The summed E-state index contributed by atoms with van der Waals surface area (Å²) in [6.07, 6.45) is -14.7. The van der Waals surface area contributed by atoms with E-state index >= 15 is 0 Å². The molecule has 0 aromatic carbocycles. The highest BCUT2D eigenvalue weighted by Gasteiger charge is 2.47. The van der Waals surface area contributed by atoms with Gasteiger partial charge < -0.3 is 49.6 Å². The van der Waals surface area contributed by atoms with Crippen LogP contribution < -0.4 is 0 Å². The summed E-state index contributed by atoms with van der Waals surface area (Å²) in [4.78, 5) is 0. The van der Waals surface area contributed by atoms with Crippen LogP contribution in [-0.4, -0.2) is 112 Å². The Morgan fingerprint density at radius 1 is 0.750 bits per heavy atom. The van der Waals surface area contributed by atoms with E-state index in [1.807, 2.05) is 0 Å². The maximum absolute atomic E-state index is 12.8. The SMILES string of the molecule is CO[C@H]1O[C@H](CO[C@@H]2O[C@H](CF)[C@H](O)[C@H](O)[C@H]2O)[C@H](O)[C@H](O)[C@H]1O. The van der Waals surface area contributed by atoms with Crippen molar-refractivity contribution in [2.45, 2.75) is 61.4 Å². The van der Waals surface area contributed by atoms with Gasteiger partial charge in [-0.05, 0) is 0 Å². The lowest BCUT2D eigenvalue weighted by Gasteiger charge is -2.42. The molecule has 6 N–H and O–H groups in total. The van der Waals surface area contributed by atoms with Gasteiger partial charge in [0.05, 0.1) is 6.61 Å². The van der Waals surface area contributed by atoms with Crippen LogP contribution in [0.5, 0.6) is 0 Å². The largest absolute Gasteiger partial charge is 0.387 e. The quantitative estimate of drug-likeness (QED) is 0.288. The summed E-state index contributed by atoms with van der Waals surface area (Å²) in [5.41, 5.74) is 0. The van der Waals surface area contributed by atoms with Crippen LogP contribution in [0.1, 0.15) is 0 Å². The lowest BCUT2D eigenvalue weighted by Crippen LogP contribution is -2.61. The van der Waals surface area contributed by atoms with E-state index < -0.39 is 74.7 Å². The highest BCUT2D eigenvalue weighted by Crippen LogP contribution is 2.25. The van der Waals surface area contributed by atoms with Crippen LogP contribution in [0.4, 0.5) is 4.39 Å². The summed E-state index contributed by atoms with van der Waals surface area (Å²) in [5.74, 6) is 0. The molecule has 24 heavy (non-hydrogen) atoms. The number of rotatable bonds is 5. The molecule has 0 aromatic heterocycles. The van der Waals surface area contributed by atoms with Crippen LogP contribution >= 0.6 is 0 Å². The highest BCUT2D eigenvalue weighted by atomic mass is 19.1. The van der Waals surface area contributed by atoms with Gasteiger partial charge in [-0.3, -0.25) is 0 Å². The summed E-state index contributed by atoms with van der Waals surface area (Å²) in [7, 11) is 1.23. The molecule has 0 amide bonds. The molecule has 11 heteroatoms. The van der Waals surface area contributed by atoms with E-state index in [2.05, 4.69) is 0 Å². The summed E-state index contributed by atoms with van der Waals surface area (Å²) < 4.78 is 33.0. The maximum Gasteiger partial charge on any atom is 0.186 e. The number of ether oxygens (including phenoxy) is 4. The molecule has 0 bridgehead atoms. The average molecular weight is 358 g/mol. The third kappa shape index (κ3) is 3.85. The first kappa shape index (κ1) is 19.8. The predicted octanol–water partition coefficient (Wildman–Crippen LogP) is -3.77. The van der Waals surface area contributed by atoms with Crippen molar-refractivity contribution in [1.82, 2.24) is 0 Å². The van der Waals surface area contributed by atoms with Crippen molar-refractivity contribution < 1.29 is 54.0 Å². The van der Waals surface area contributed by atoms with Gasteiger partial charge in [0, 0.05) is 7.11 Å². The number of methoxy groups -OCH3 is 1. The van der Waals surface area contributed by atoms with Crippen molar-refractivity contribution in [2.75, 3.05) is 20.4 Å². The Morgan fingerprint density at radius 2 is 1.25 bits per heavy atom. The van der Waals surface area contributed by atoms with Gasteiger partial charge >= 0.3 is 0 Å². The third-order valence-corrected chi connectivity index (χ3v) is 4.15. The van der Waals surface area contributed by atoms with Gasteiger partial charge in [-0.15, -0.1) is 0 Å². The van der Waals surface area contributed by atoms with Crippen molar-refractivity contribution in [3.8, 4) is 0 Å². The van der Waals surface area contributed by atoms with E-state index in [-0.39, 0.29) is 0 Å². The summed E-state index contributed by atoms with van der Waals surface area (Å²) in [6, 6.07) is 0. The van der Waals surface area contributed by atoms with Gasteiger partial charge in [-0.1, -0.05) is 0 Å². The number of aliphatic hydroxyl groups is 6. The van der Waals surface area contributed by atoms with E-state index in [4.69, 9.17) is 18.9 Å². The summed E-state index contributed by atoms with van der Waals surface area (Å²) in [6.45, 7) is -1.53. The number of aliphatic hydroxyl groups excluding tert-OH is 6. The van der Waals surface area contributed by atoms with Gasteiger partial charge in [0.1, 0.15) is 55.5 Å². The van der Waals surface area contributed by atoms with E-state index in [0.717, 1.165) is 0 Å². The van der Waals surface area contributed by atoms with E-state index in [0.29, 0.717) is 0 Å². The molecule has 2 heterocycles. The minimum absolute atomic E-state index is 0.422. The smallest absolute Gasteiger partial charge is 0.186 e. The average Bonchev–Trinajstić information content (AvgIpc) is 2.58.